The highest BCUT2D eigenvalue weighted by Crippen LogP contribution is 2.25. The van der Waals surface area contributed by atoms with Crippen LogP contribution in [0, 0.1) is 17.0 Å². The van der Waals surface area contributed by atoms with Crippen LogP contribution >= 0.6 is 27.3 Å². The molecule has 21 heavy (non-hydrogen) atoms. The molecule has 1 aromatic heterocycles. The molecule has 0 radical (unpaired) electrons. The van der Waals surface area contributed by atoms with E-state index >= 15 is 0 Å². The van der Waals surface area contributed by atoms with Gasteiger partial charge >= 0.3 is 5.00 Å². The smallest absolute Gasteiger partial charge is 0.323 e. The van der Waals surface area contributed by atoms with Gasteiger partial charge in [0.2, 0.25) is 5.91 Å². The quantitative estimate of drug-likeness (QED) is 0.495. The van der Waals surface area contributed by atoms with Gasteiger partial charge in [-0.3, -0.25) is 14.9 Å². The van der Waals surface area contributed by atoms with Gasteiger partial charge in [-0.1, -0.05) is 27.3 Å². The van der Waals surface area contributed by atoms with E-state index in [0.29, 0.717) is 10.6 Å². The molecule has 0 spiro atoms. The first-order valence-corrected chi connectivity index (χ1v) is 7.56. The van der Waals surface area contributed by atoms with Crippen molar-refractivity contribution in [3.63, 3.8) is 0 Å². The van der Waals surface area contributed by atoms with Crippen molar-refractivity contribution in [2.24, 2.45) is 0 Å². The monoisotopic (exact) mass is 366 g/mol. The number of hydrogen-bond donors (Lipinski definition) is 1. The summed E-state index contributed by atoms with van der Waals surface area (Å²) in [4.78, 5) is 22.6. The van der Waals surface area contributed by atoms with Gasteiger partial charge < -0.3 is 5.32 Å². The fourth-order valence-corrected chi connectivity index (χ4v) is 2.57. The Bertz CT molecular complexity index is 725. The zero-order chi connectivity index (χ0) is 15.4. The average molecular weight is 367 g/mol. The molecule has 5 nitrogen and oxygen atoms in total. The lowest BCUT2D eigenvalue weighted by molar-refractivity contribution is -0.380. The van der Waals surface area contributed by atoms with Crippen molar-refractivity contribution < 1.29 is 9.72 Å². The summed E-state index contributed by atoms with van der Waals surface area (Å²) in [5, 5.41) is 13.3. The molecule has 1 aromatic carbocycles. The van der Waals surface area contributed by atoms with Crippen molar-refractivity contribution in [1.82, 2.24) is 0 Å². The SMILES string of the molecule is Cc1cc(NC(=O)/C=C/c2ccc([N+](=O)[O-])s2)ccc1Br. The number of hydrogen-bond acceptors (Lipinski definition) is 4. The molecule has 0 aliphatic heterocycles. The molecule has 2 rings (SSSR count). The van der Waals surface area contributed by atoms with E-state index in [1.54, 1.807) is 18.2 Å². The third-order valence-corrected chi connectivity index (χ3v) is 4.51. The van der Waals surface area contributed by atoms with Crippen LogP contribution in [0.2, 0.25) is 0 Å². The molecule has 0 aliphatic rings. The first-order chi connectivity index (χ1) is 9.95. The highest BCUT2D eigenvalue weighted by Gasteiger charge is 2.08. The van der Waals surface area contributed by atoms with Crippen LogP contribution in [-0.2, 0) is 4.79 Å². The van der Waals surface area contributed by atoms with Crippen LogP contribution in [0.15, 0.2) is 40.9 Å². The lowest BCUT2D eigenvalue weighted by atomic mass is 10.2. The number of anilines is 1. The van der Waals surface area contributed by atoms with Crippen LogP contribution in [0.1, 0.15) is 10.4 Å². The predicted octanol–water partition coefficient (Wildman–Crippen LogP) is 4.38. The number of rotatable bonds is 4. The maximum absolute atomic E-state index is 11.8. The van der Waals surface area contributed by atoms with Crippen LogP contribution in [0.3, 0.4) is 0 Å². The van der Waals surface area contributed by atoms with Gasteiger partial charge in [0, 0.05) is 27.2 Å². The van der Waals surface area contributed by atoms with Gasteiger partial charge in [0.25, 0.3) is 0 Å². The second-order valence-electron chi connectivity index (χ2n) is 4.22. The molecule has 0 saturated carbocycles. The van der Waals surface area contributed by atoms with E-state index in [1.807, 2.05) is 19.1 Å². The van der Waals surface area contributed by atoms with Crippen molar-refractivity contribution in [1.29, 1.82) is 0 Å². The summed E-state index contributed by atoms with van der Waals surface area (Å²) < 4.78 is 0.974. The molecule has 0 atom stereocenters. The summed E-state index contributed by atoms with van der Waals surface area (Å²) in [6.45, 7) is 1.93. The summed E-state index contributed by atoms with van der Waals surface area (Å²) in [5.41, 5.74) is 1.72. The van der Waals surface area contributed by atoms with E-state index < -0.39 is 4.92 Å². The maximum atomic E-state index is 11.8. The van der Waals surface area contributed by atoms with Gasteiger partial charge in [-0.05, 0) is 42.8 Å². The number of carbonyl (C=O) groups is 1. The number of benzene rings is 1. The number of nitro groups is 1. The number of halogens is 1. The van der Waals surface area contributed by atoms with Crippen LogP contribution in [0.4, 0.5) is 10.7 Å². The summed E-state index contributed by atoms with van der Waals surface area (Å²) in [6.07, 6.45) is 2.91. The first-order valence-electron chi connectivity index (χ1n) is 5.95. The molecular weight excluding hydrogens is 356 g/mol. The molecule has 0 fully saturated rings. The minimum atomic E-state index is -0.452. The van der Waals surface area contributed by atoms with Crippen molar-refractivity contribution in [3.8, 4) is 0 Å². The summed E-state index contributed by atoms with van der Waals surface area (Å²) in [5.74, 6) is -0.284. The van der Waals surface area contributed by atoms with Gasteiger partial charge in [-0.15, -0.1) is 0 Å². The minimum absolute atomic E-state index is 0.0543. The summed E-state index contributed by atoms with van der Waals surface area (Å²) in [7, 11) is 0. The molecule has 108 valence electrons. The number of nitrogens with zero attached hydrogens (tertiary/aromatic N) is 1. The molecular formula is C14H11BrN2O3S. The second kappa shape index (κ2) is 6.64. The Morgan fingerprint density at radius 2 is 2.14 bits per heavy atom. The Kier molecular flexibility index (Phi) is 4.87. The Morgan fingerprint density at radius 1 is 1.38 bits per heavy atom. The molecule has 1 amide bonds. The number of aryl methyl sites for hydroxylation is 1. The Morgan fingerprint density at radius 3 is 2.76 bits per heavy atom. The number of nitrogens with one attached hydrogen (secondary N) is 1. The summed E-state index contributed by atoms with van der Waals surface area (Å²) >= 11 is 4.41. The van der Waals surface area contributed by atoms with Gasteiger partial charge in [0.1, 0.15) is 0 Å². The third kappa shape index (κ3) is 4.24. The largest absolute Gasteiger partial charge is 0.324 e. The molecule has 0 bridgehead atoms. The lowest BCUT2D eigenvalue weighted by Gasteiger charge is -2.04. The fraction of sp³-hybridized carbons (Fsp3) is 0.0714. The second-order valence-corrected chi connectivity index (χ2v) is 6.17. The van der Waals surface area contributed by atoms with Crippen LogP contribution in [0.5, 0.6) is 0 Å². The number of amides is 1. The van der Waals surface area contributed by atoms with Crippen molar-refractivity contribution >= 4 is 49.9 Å². The van der Waals surface area contributed by atoms with Gasteiger partial charge in [-0.25, -0.2) is 0 Å². The van der Waals surface area contributed by atoms with Crippen LogP contribution in [-0.4, -0.2) is 10.8 Å². The molecule has 1 N–H and O–H groups in total. The standard InChI is InChI=1S/C14H11BrN2O3S/c1-9-8-10(2-5-12(9)15)16-13(18)6-3-11-4-7-14(21-11)17(19)20/h2-8H,1H3,(H,16,18)/b6-3+. The van der Waals surface area contributed by atoms with E-state index in [2.05, 4.69) is 21.2 Å². The number of thiophene rings is 1. The topological polar surface area (TPSA) is 72.2 Å². The lowest BCUT2D eigenvalue weighted by Crippen LogP contribution is -2.07. The van der Waals surface area contributed by atoms with E-state index in [1.165, 1.54) is 12.1 Å². The van der Waals surface area contributed by atoms with E-state index in [0.717, 1.165) is 21.4 Å². The predicted molar refractivity (Wildman–Crippen MR) is 87.5 cm³/mol. The van der Waals surface area contributed by atoms with Crippen molar-refractivity contribution in [3.05, 3.63) is 61.4 Å². The van der Waals surface area contributed by atoms with Gasteiger partial charge in [0.15, 0.2) is 0 Å². The molecule has 0 unspecified atom stereocenters. The number of carbonyl (C=O) groups excluding carboxylic acids is 1. The third-order valence-electron chi connectivity index (χ3n) is 2.62. The average Bonchev–Trinajstić information content (AvgIpc) is 2.90. The normalized spacial score (nSPS) is 10.8. The Balaban J connectivity index is 2.01. The van der Waals surface area contributed by atoms with E-state index in [4.69, 9.17) is 0 Å². The van der Waals surface area contributed by atoms with Gasteiger partial charge in [-0.2, -0.15) is 0 Å². The van der Waals surface area contributed by atoms with Crippen molar-refractivity contribution in [2.75, 3.05) is 5.32 Å². The maximum Gasteiger partial charge on any atom is 0.324 e. The molecule has 0 saturated heterocycles. The van der Waals surface area contributed by atoms with Crippen molar-refractivity contribution in [2.45, 2.75) is 6.92 Å². The highest BCUT2D eigenvalue weighted by molar-refractivity contribution is 9.10. The van der Waals surface area contributed by atoms with Gasteiger partial charge in [0.05, 0.1) is 4.92 Å². The summed E-state index contributed by atoms with van der Waals surface area (Å²) in [6, 6.07) is 8.53. The Hall–Kier alpha value is -1.99. The van der Waals surface area contributed by atoms with E-state index in [-0.39, 0.29) is 10.9 Å². The van der Waals surface area contributed by atoms with Crippen LogP contribution in [0.25, 0.3) is 6.08 Å². The molecule has 0 aliphatic carbocycles. The van der Waals surface area contributed by atoms with Crippen LogP contribution < -0.4 is 5.32 Å². The van der Waals surface area contributed by atoms with E-state index in [9.17, 15) is 14.9 Å². The Labute approximate surface area is 133 Å². The fourth-order valence-electron chi connectivity index (χ4n) is 1.59. The molecule has 1 heterocycles. The zero-order valence-corrected chi connectivity index (χ0v) is 13.4. The molecule has 7 heteroatoms. The highest BCUT2D eigenvalue weighted by atomic mass is 79.9. The minimum Gasteiger partial charge on any atom is -0.323 e. The zero-order valence-electron chi connectivity index (χ0n) is 11.0. The molecule has 2 aromatic rings. The first kappa shape index (κ1) is 15.4.